The van der Waals surface area contributed by atoms with E-state index in [9.17, 15) is 9.59 Å². The zero-order chi connectivity index (χ0) is 20.3. The minimum atomic E-state index is -0.269. The van der Waals surface area contributed by atoms with E-state index in [1.807, 2.05) is 32.0 Å². The predicted molar refractivity (Wildman–Crippen MR) is 111 cm³/mol. The molecule has 2 amide bonds. The van der Waals surface area contributed by atoms with Crippen molar-refractivity contribution >= 4 is 23.2 Å². The number of methoxy groups -OCH3 is 1. The normalized spacial score (nSPS) is 16.5. The number of anilines is 2. The number of nitrogens with one attached hydrogen (secondary N) is 1. The minimum absolute atomic E-state index is 0.0230. The first-order chi connectivity index (χ1) is 13.4. The summed E-state index contributed by atoms with van der Waals surface area (Å²) in [7, 11) is 1.56. The second-order valence-electron chi connectivity index (χ2n) is 7.41. The van der Waals surface area contributed by atoms with E-state index in [4.69, 9.17) is 10.5 Å². The molecule has 6 heteroatoms. The number of hydrogen-bond donors (Lipinski definition) is 2. The zero-order valence-electron chi connectivity index (χ0n) is 16.6. The van der Waals surface area contributed by atoms with Gasteiger partial charge in [0, 0.05) is 24.7 Å². The molecule has 28 heavy (non-hydrogen) atoms. The number of ether oxygens (including phenoxy) is 1. The SMILES string of the molecule is COc1ccc(N)c(NC(=O)C2CCCN(C(=O)c3cc(C)cc(C)c3)C2)c1. The number of carbonyl (C=O) groups excluding carboxylic acids is 2. The van der Waals surface area contributed by atoms with E-state index in [2.05, 4.69) is 5.32 Å². The Labute approximate surface area is 165 Å². The zero-order valence-corrected chi connectivity index (χ0v) is 16.6. The average Bonchev–Trinajstić information content (AvgIpc) is 2.68. The highest BCUT2D eigenvalue weighted by Gasteiger charge is 2.29. The number of amides is 2. The second kappa shape index (κ2) is 8.33. The maximum atomic E-state index is 12.9. The van der Waals surface area contributed by atoms with Crippen molar-refractivity contribution in [1.82, 2.24) is 4.90 Å². The van der Waals surface area contributed by atoms with Gasteiger partial charge in [-0.05, 0) is 51.0 Å². The Kier molecular flexibility index (Phi) is 5.87. The fourth-order valence-corrected chi connectivity index (χ4v) is 3.66. The smallest absolute Gasteiger partial charge is 0.253 e. The van der Waals surface area contributed by atoms with Crippen molar-refractivity contribution in [2.75, 3.05) is 31.2 Å². The summed E-state index contributed by atoms with van der Waals surface area (Å²) in [6.45, 7) is 5.03. The fraction of sp³-hybridized carbons (Fsp3) is 0.364. The fourth-order valence-electron chi connectivity index (χ4n) is 3.66. The molecular weight excluding hydrogens is 354 g/mol. The van der Waals surface area contributed by atoms with Crippen LogP contribution in [-0.2, 0) is 4.79 Å². The van der Waals surface area contributed by atoms with Crippen LogP contribution < -0.4 is 15.8 Å². The molecule has 6 nitrogen and oxygen atoms in total. The molecule has 2 aromatic rings. The number of nitrogens with two attached hydrogens (primary N) is 1. The maximum Gasteiger partial charge on any atom is 0.253 e. The number of piperidine rings is 1. The molecular formula is C22H27N3O3. The van der Waals surface area contributed by atoms with Crippen LogP contribution >= 0.6 is 0 Å². The van der Waals surface area contributed by atoms with Crippen molar-refractivity contribution in [1.29, 1.82) is 0 Å². The molecule has 0 aromatic heterocycles. The van der Waals surface area contributed by atoms with Gasteiger partial charge < -0.3 is 20.7 Å². The topological polar surface area (TPSA) is 84.7 Å². The summed E-state index contributed by atoms with van der Waals surface area (Å²) in [5, 5.41) is 2.89. The van der Waals surface area contributed by atoms with Gasteiger partial charge in [-0.3, -0.25) is 9.59 Å². The molecule has 1 atom stereocenters. The predicted octanol–water partition coefficient (Wildman–Crippen LogP) is 3.39. The summed E-state index contributed by atoms with van der Waals surface area (Å²) < 4.78 is 5.19. The third kappa shape index (κ3) is 4.44. The van der Waals surface area contributed by atoms with Crippen LogP contribution in [0.2, 0.25) is 0 Å². The Morgan fingerprint density at radius 3 is 2.54 bits per heavy atom. The monoisotopic (exact) mass is 381 g/mol. The van der Waals surface area contributed by atoms with Gasteiger partial charge >= 0.3 is 0 Å². The number of rotatable bonds is 4. The lowest BCUT2D eigenvalue weighted by Gasteiger charge is -2.32. The summed E-state index contributed by atoms with van der Waals surface area (Å²) in [4.78, 5) is 27.5. The molecule has 3 rings (SSSR count). The van der Waals surface area contributed by atoms with Crippen LogP contribution in [0.5, 0.6) is 5.75 Å². The van der Waals surface area contributed by atoms with Crippen LogP contribution in [0.4, 0.5) is 11.4 Å². The third-order valence-corrected chi connectivity index (χ3v) is 5.07. The first kappa shape index (κ1) is 19.7. The molecule has 0 saturated carbocycles. The van der Waals surface area contributed by atoms with E-state index in [0.29, 0.717) is 35.8 Å². The number of likely N-dealkylation sites (tertiary alicyclic amines) is 1. The van der Waals surface area contributed by atoms with Crippen molar-refractivity contribution in [3.05, 3.63) is 53.1 Å². The molecule has 2 aromatic carbocycles. The van der Waals surface area contributed by atoms with Gasteiger partial charge in [0.15, 0.2) is 0 Å². The molecule has 1 aliphatic rings. The number of aryl methyl sites for hydroxylation is 2. The van der Waals surface area contributed by atoms with Gasteiger partial charge in [-0.1, -0.05) is 17.2 Å². The summed E-state index contributed by atoms with van der Waals surface area (Å²) in [5.74, 6) is 0.206. The van der Waals surface area contributed by atoms with Gasteiger partial charge in [0.2, 0.25) is 5.91 Å². The molecule has 1 fully saturated rings. The summed E-state index contributed by atoms with van der Waals surface area (Å²) >= 11 is 0. The van der Waals surface area contributed by atoms with Crippen molar-refractivity contribution in [3.8, 4) is 5.75 Å². The standard InChI is InChI=1S/C22H27N3O3/c1-14-9-15(2)11-17(10-14)22(27)25-8-4-5-16(13-25)21(26)24-20-12-18(28-3)6-7-19(20)23/h6-7,9-12,16H,4-5,8,13,23H2,1-3H3,(H,24,26). The van der Waals surface area contributed by atoms with E-state index < -0.39 is 0 Å². The van der Waals surface area contributed by atoms with Crippen LogP contribution in [0.25, 0.3) is 0 Å². The Bertz CT molecular complexity index is 874. The number of hydrogen-bond acceptors (Lipinski definition) is 4. The summed E-state index contributed by atoms with van der Waals surface area (Å²) in [5.41, 5.74) is 9.77. The Hall–Kier alpha value is -3.02. The second-order valence-corrected chi connectivity index (χ2v) is 7.41. The van der Waals surface area contributed by atoms with Crippen molar-refractivity contribution in [2.24, 2.45) is 5.92 Å². The van der Waals surface area contributed by atoms with Gasteiger partial charge in [-0.2, -0.15) is 0 Å². The van der Waals surface area contributed by atoms with Crippen molar-refractivity contribution in [2.45, 2.75) is 26.7 Å². The highest BCUT2D eigenvalue weighted by atomic mass is 16.5. The Morgan fingerprint density at radius 1 is 1.14 bits per heavy atom. The first-order valence-corrected chi connectivity index (χ1v) is 9.49. The van der Waals surface area contributed by atoms with Gasteiger partial charge in [0.1, 0.15) is 5.75 Å². The quantitative estimate of drug-likeness (QED) is 0.795. The molecule has 0 radical (unpaired) electrons. The van der Waals surface area contributed by atoms with E-state index >= 15 is 0 Å². The summed E-state index contributed by atoms with van der Waals surface area (Å²) in [6, 6.07) is 11.0. The number of nitrogens with zero attached hydrogens (tertiary/aromatic N) is 1. The third-order valence-electron chi connectivity index (χ3n) is 5.07. The molecule has 0 spiro atoms. The van der Waals surface area contributed by atoms with Crippen LogP contribution in [0, 0.1) is 19.8 Å². The highest BCUT2D eigenvalue weighted by Crippen LogP contribution is 2.26. The van der Waals surface area contributed by atoms with Crippen LogP contribution in [0.1, 0.15) is 34.3 Å². The molecule has 1 heterocycles. The number of carbonyl (C=O) groups is 2. The number of nitrogen functional groups attached to an aromatic ring is 1. The highest BCUT2D eigenvalue weighted by molar-refractivity contribution is 5.98. The first-order valence-electron chi connectivity index (χ1n) is 9.49. The largest absolute Gasteiger partial charge is 0.497 e. The van der Waals surface area contributed by atoms with E-state index in [1.54, 1.807) is 30.2 Å². The van der Waals surface area contributed by atoms with Crippen LogP contribution in [-0.4, -0.2) is 36.9 Å². The molecule has 1 unspecified atom stereocenters. The van der Waals surface area contributed by atoms with Gasteiger partial charge in [0.25, 0.3) is 5.91 Å². The Balaban J connectivity index is 1.70. The molecule has 1 saturated heterocycles. The van der Waals surface area contributed by atoms with Crippen LogP contribution in [0.3, 0.4) is 0 Å². The molecule has 148 valence electrons. The number of benzene rings is 2. The van der Waals surface area contributed by atoms with E-state index in [1.165, 1.54) is 0 Å². The van der Waals surface area contributed by atoms with E-state index in [0.717, 1.165) is 24.0 Å². The Morgan fingerprint density at radius 2 is 1.86 bits per heavy atom. The lowest BCUT2D eigenvalue weighted by molar-refractivity contribution is -0.121. The van der Waals surface area contributed by atoms with E-state index in [-0.39, 0.29) is 17.7 Å². The van der Waals surface area contributed by atoms with Crippen molar-refractivity contribution in [3.63, 3.8) is 0 Å². The van der Waals surface area contributed by atoms with Crippen molar-refractivity contribution < 1.29 is 14.3 Å². The molecule has 0 bridgehead atoms. The molecule has 0 aliphatic carbocycles. The lowest BCUT2D eigenvalue weighted by atomic mass is 9.96. The minimum Gasteiger partial charge on any atom is -0.497 e. The average molecular weight is 381 g/mol. The molecule has 1 aliphatic heterocycles. The van der Waals surface area contributed by atoms with Gasteiger partial charge in [0.05, 0.1) is 24.4 Å². The van der Waals surface area contributed by atoms with Gasteiger partial charge in [-0.25, -0.2) is 0 Å². The molecule has 3 N–H and O–H groups in total. The maximum absolute atomic E-state index is 12.9. The van der Waals surface area contributed by atoms with Gasteiger partial charge in [-0.15, -0.1) is 0 Å². The van der Waals surface area contributed by atoms with Crippen LogP contribution in [0.15, 0.2) is 36.4 Å². The summed E-state index contributed by atoms with van der Waals surface area (Å²) in [6.07, 6.45) is 1.54. The lowest BCUT2D eigenvalue weighted by Crippen LogP contribution is -2.43.